The van der Waals surface area contributed by atoms with Crippen molar-refractivity contribution in [3.63, 3.8) is 0 Å². The molecule has 4 aromatic rings. The largest absolute Gasteiger partial charge is 0.419 e. The highest BCUT2D eigenvalue weighted by Gasteiger charge is 2.14. The summed E-state index contributed by atoms with van der Waals surface area (Å²) in [5.41, 5.74) is 0.150. The van der Waals surface area contributed by atoms with Gasteiger partial charge in [-0.25, -0.2) is 9.07 Å². The zero-order chi connectivity index (χ0) is 16.5. The summed E-state index contributed by atoms with van der Waals surface area (Å²) in [6.07, 6.45) is 3.08. The molecule has 8 heteroatoms. The SMILES string of the molecule is O=c1c2ncccc2cnn1Cc1nnc(-c2ccccc2F)o1. The Balaban J connectivity index is 1.69. The van der Waals surface area contributed by atoms with Gasteiger partial charge in [-0.15, -0.1) is 10.2 Å². The van der Waals surface area contributed by atoms with Gasteiger partial charge in [-0.1, -0.05) is 12.1 Å². The van der Waals surface area contributed by atoms with Crippen molar-refractivity contribution in [1.29, 1.82) is 0 Å². The Kier molecular flexibility index (Phi) is 3.34. The highest BCUT2D eigenvalue weighted by molar-refractivity contribution is 5.75. The van der Waals surface area contributed by atoms with Crippen LogP contribution in [0, 0.1) is 5.82 Å². The first kappa shape index (κ1) is 14.2. The standard InChI is InChI=1S/C16H10FN5O2/c17-12-6-2-1-5-11(12)15-21-20-13(24-15)9-22-16(23)14-10(8-19-22)4-3-7-18-14/h1-8H,9H2. The highest BCUT2D eigenvalue weighted by atomic mass is 19.1. The molecule has 0 aliphatic heterocycles. The third-order valence-electron chi connectivity index (χ3n) is 3.47. The molecule has 0 fully saturated rings. The minimum Gasteiger partial charge on any atom is -0.419 e. The normalized spacial score (nSPS) is 11.0. The lowest BCUT2D eigenvalue weighted by molar-refractivity contribution is 0.464. The molecule has 24 heavy (non-hydrogen) atoms. The van der Waals surface area contributed by atoms with E-state index in [9.17, 15) is 9.18 Å². The van der Waals surface area contributed by atoms with E-state index in [0.29, 0.717) is 10.9 Å². The maximum atomic E-state index is 13.7. The first-order valence-corrected chi connectivity index (χ1v) is 7.10. The van der Waals surface area contributed by atoms with Crippen LogP contribution in [0.1, 0.15) is 5.89 Å². The van der Waals surface area contributed by atoms with Crippen molar-refractivity contribution < 1.29 is 8.81 Å². The van der Waals surface area contributed by atoms with E-state index in [-0.39, 0.29) is 29.4 Å². The number of benzene rings is 1. The summed E-state index contributed by atoms with van der Waals surface area (Å²) in [6, 6.07) is 9.57. The van der Waals surface area contributed by atoms with Gasteiger partial charge in [0.2, 0.25) is 5.89 Å². The molecular formula is C16H10FN5O2. The van der Waals surface area contributed by atoms with Crippen LogP contribution in [0.2, 0.25) is 0 Å². The number of pyridine rings is 1. The van der Waals surface area contributed by atoms with Crippen molar-refractivity contribution in [1.82, 2.24) is 25.0 Å². The van der Waals surface area contributed by atoms with E-state index in [2.05, 4.69) is 20.3 Å². The van der Waals surface area contributed by atoms with Crippen LogP contribution >= 0.6 is 0 Å². The summed E-state index contributed by atoms with van der Waals surface area (Å²) >= 11 is 0. The molecular weight excluding hydrogens is 313 g/mol. The molecule has 0 aliphatic carbocycles. The van der Waals surface area contributed by atoms with Gasteiger partial charge in [0.15, 0.2) is 0 Å². The molecule has 0 unspecified atom stereocenters. The monoisotopic (exact) mass is 323 g/mol. The summed E-state index contributed by atoms with van der Waals surface area (Å²) in [5.74, 6) is -0.258. The number of hydrogen-bond acceptors (Lipinski definition) is 6. The highest BCUT2D eigenvalue weighted by Crippen LogP contribution is 2.21. The second-order valence-corrected chi connectivity index (χ2v) is 5.03. The molecule has 0 amide bonds. The van der Waals surface area contributed by atoms with Gasteiger partial charge < -0.3 is 4.42 Å². The number of fused-ring (bicyclic) bond motifs is 1. The van der Waals surface area contributed by atoms with Crippen LogP contribution in [0.4, 0.5) is 4.39 Å². The second kappa shape index (κ2) is 5.65. The summed E-state index contributed by atoms with van der Waals surface area (Å²) in [7, 11) is 0. The topological polar surface area (TPSA) is 86.7 Å². The molecule has 0 saturated heterocycles. The summed E-state index contributed by atoms with van der Waals surface area (Å²) in [4.78, 5) is 16.4. The fourth-order valence-electron chi connectivity index (χ4n) is 2.31. The molecule has 1 aromatic carbocycles. The fourth-order valence-corrected chi connectivity index (χ4v) is 2.31. The number of nitrogens with zero attached hydrogens (tertiary/aromatic N) is 5. The first-order valence-electron chi connectivity index (χ1n) is 7.10. The van der Waals surface area contributed by atoms with Crippen LogP contribution in [0.15, 0.2) is 58.0 Å². The van der Waals surface area contributed by atoms with Gasteiger partial charge in [0.1, 0.15) is 17.9 Å². The van der Waals surface area contributed by atoms with E-state index < -0.39 is 5.82 Å². The maximum absolute atomic E-state index is 13.7. The van der Waals surface area contributed by atoms with Crippen LogP contribution in [0.3, 0.4) is 0 Å². The predicted molar refractivity (Wildman–Crippen MR) is 82.6 cm³/mol. The van der Waals surface area contributed by atoms with Crippen molar-refractivity contribution in [3.05, 3.63) is 70.9 Å². The average molecular weight is 323 g/mol. The minimum absolute atomic E-state index is 0.0210. The second-order valence-electron chi connectivity index (χ2n) is 5.03. The third-order valence-corrected chi connectivity index (χ3v) is 3.47. The number of rotatable bonds is 3. The van der Waals surface area contributed by atoms with Gasteiger partial charge in [-0.3, -0.25) is 9.78 Å². The predicted octanol–water partition coefficient (Wildman–Crippen LogP) is 2.03. The first-order chi connectivity index (χ1) is 11.7. The lowest BCUT2D eigenvalue weighted by atomic mass is 10.2. The zero-order valence-electron chi connectivity index (χ0n) is 12.3. The Morgan fingerprint density at radius 2 is 2.00 bits per heavy atom. The Morgan fingerprint density at radius 3 is 2.88 bits per heavy atom. The fraction of sp³-hybridized carbons (Fsp3) is 0.0625. The molecule has 0 spiro atoms. The van der Waals surface area contributed by atoms with Crippen molar-refractivity contribution in [2.24, 2.45) is 0 Å². The molecule has 118 valence electrons. The maximum Gasteiger partial charge on any atom is 0.293 e. The Bertz CT molecular complexity index is 1090. The Labute approximate surface area is 134 Å². The number of hydrogen-bond donors (Lipinski definition) is 0. The van der Waals surface area contributed by atoms with Gasteiger partial charge in [-0.05, 0) is 24.3 Å². The molecule has 3 aromatic heterocycles. The van der Waals surface area contributed by atoms with E-state index >= 15 is 0 Å². The van der Waals surface area contributed by atoms with Gasteiger partial charge in [0.25, 0.3) is 11.4 Å². The summed E-state index contributed by atoms with van der Waals surface area (Å²) in [6.45, 7) is -0.0210. The van der Waals surface area contributed by atoms with Crippen molar-refractivity contribution >= 4 is 10.9 Å². The zero-order valence-corrected chi connectivity index (χ0v) is 12.3. The average Bonchev–Trinajstić information content (AvgIpc) is 3.06. The molecule has 7 nitrogen and oxygen atoms in total. The van der Waals surface area contributed by atoms with Crippen molar-refractivity contribution in [2.45, 2.75) is 6.54 Å². The molecule has 0 atom stereocenters. The van der Waals surface area contributed by atoms with E-state index in [0.717, 1.165) is 0 Å². The van der Waals surface area contributed by atoms with Gasteiger partial charge in [-0.2, -0.15) is 5.10 Å². The van der Waals surface area contributed by atoms with Crippen molar-refractivity contribution in [2.75, 3.05) is 0 Å². The van der Waals surface area contributed by atoms with E-state index in [1.165, 1.54) is 29.2 Å². The van der Waals surface area contributed by atoms with Crippen LogP contribution in [0.5, 0.6) is 0 Å². The van der Waals surface area contributed by atoms with Crippen LogP contribution in [-0.2, 0) is 6.54 Å². The molecule has 3 heterocycles. The van der Waals surface area contributed by atoms with Crippen LogP contribution < -0.4 is 5.56 Å². The number of aromatic nitrogens is 5. The van der Waals surface area contributed by atoms with Gasteiger partial charge >= 0.3 is 0 Å². The lowest BCUT2D eigenvalue weighted by Crippen LogP contribution is -2.24. The molecule has 0 aliphatic rings. The third kappa shape index (κ3) is 2.43. The molecule has 0 N–H and O–H groups in total. The van der Waals surface area contributed by atoms with E-state index in [1.54, 1.807) is 24.3 Å². The summed E-state index contributed by atoms with van der Waals surface area (Å²) in [5, 5.41) is 12.4. The lowest BCUT2D eigenvalue weighted by Gasteiger charge is -2.02. The number of halogens is 1. The van der Waals surface area contributed by atoms with Crippen LogP contribution in [0.25, 0.3) is 22.4 Å². The van der Waals surface area contributed by atoms with E-state index in [1.807, 2.05) is 0 Å². The molecule has 0 saturated carbocycles. The minimum atomic E-state index is -0.460. The van der Waals surface area contributed by atoms with Crippen molar-refractivity contribution in [3.8, 4) is 11.5 Å². The van der Waals surface area contributed by atoms with Crippen LogP contribution in [-0.4, -0.2) is 25.0 Å². The molecule has 0 radical (unpaired) electrons. The van der Waals surface area contributed by atoms with E-state index in [4.69, 9.17) is 4.42 Å². The van der Waals surface area contributed by atoms with Gasteiger partial charge in [0, 0.05) is 11.6 Å². The Hall–Kier alpha value is -3.42. The Morgan fingerprint density at radius 1 is 1.12 bits per heavy atom. The quantitative estimate of drug-likeness (QED) is 0.573. The summed E-state index contributed by atoms with van der Waals surface area (Å²) < 4.78 is 20.4. The molecule has 0 bridgehead atoms. The molecule has 4 rings (SSSR count). The smallest absolute Gasteiger partial charge is 0.293 e. The van der Waals surface area contributed by atoms with Gasteiger partial charge in [0.05, 0.1) is 11.8 Å².